The zero-order chi connectivity index (χ0) is 81.3. The molecule has 0 aromatic carbocycles. The third-order valence-corrected chi connectivity index (χ3v) is 17.6. The van der Waals surface area contributed by atoms with Gasteiger partial charge in [-0.2, -0.15) is 0 Å². The Morgan fingerprint density at radius 1 is 0.217 bits per heavy atom. The van der Waals surface area contributed by atoms with Crippen LogP contribution in [0.1, 0.15) is 245 Å². The second kappa shape index (κ2) is 53.7. The average molecular weight is 1450 g/mol. The molecule has 0 amide bonds. The fourth-order valence-corrected chi connectivity index (χ4v) is 10.1. The third kappa shape index (κ3) is 63.1. The summed E-state index contributed by atoms with van der Waals surface area (Å²) in [6, 6.07) is 0. The van der Waals surface area contributed by atoms with Crippen LogP contribution in [-0.4, -0.2) is 64.2 Å². The van der Waals surface area contributed by atoms with Gasteiger partial charge >= 0.3 is 0 Å². The van der Waals surface area contributed by atoms with Gasteiger partial charge in [-0.25, -0.2) is 0 Å². The lowest BCUT2D eigenvalue weighted by atomic mass is 9.83. The fraction of sp³-hybridized carbons (Fsp3) is 0.480. The minimum Gasteiger partial charge on any atom is -0.390 e. The molecule has 0 radical (unpaired) electrons. The first kappa shape index (κ1) is 101. The predicted molar refractivity (Wildman–Crippen MR) is 471 cm³/mol. The summed E-state index contributed by atoms with van der Waals surface area (Å²) in [5.74, 6) is 1.95. The van der Waals surface area contributed by atoms with E-state index in [1.54, 1.807) is 27.7 Å². The zero-order valence-corrected chi connectivity index (χ0v) is 71.9. The van der Waals surface area contributed by atoms with Crippen molar-refractivity contribution in [2.75, 3.05) is 0 Å². The maximum Gasteiger partial charge on any atom is 0.0654 e. The number of hydrogen-bond donors (Lipinski definition) is 6. The molecule has 0 spiro atoms. The molecule has 6 heteroatoms. The molecule has 0 saturated heterocycles. The predicted octanol–water partition coefficient (Wildman–Crippen LogP) is 26.6. The Morgan fingerprint density at radius 2 is 0.368 bits per heavy atom. The van der Waals surface area contributed by atoms with E-state index in [-0.39, 0.29) is 11.8 Å². The van der Waals surface area contributed by atoms with E-state index in [0.29, 0.717) is 49.4 Å². The first-order chi connectivity index (χ1) is 49.0. The summed E-state index contributed by atoms with van der Waals surface area (Å²) >= 11 is 0. The lowest BCUT2D eigenvalue weighted by molar-refractivity contribution is 0.0131. The summed E-state index contributed by atoms with van der Waals surface area (Å²) in [5, 5.41) is 61.5. The van der Waals surface area contributed by atoms with Crippen LogP contribution in [0.3, 0.4) is 0 Å². The highest BCUT2D eigenvalue weighted by molar-refractivity contribution is 5.37. The van der Waals surface area contributed by atoms with Gasteiger partial charge in [0.2, 0.25) is 0 Å². The van der Waals surface area contributed by atoms with E-state index >= 15 is 0 Å². The molecule has 4 unspecified atom stereocenters. The SMILES string of the molecule is CC(/C=C/C=C(C)/C=C/C=C(C)/C=C/C(CCC(C)(C)O)C(C)(C)O)=C\C=C\C=C(C)\C=C\C=C(C)\C=C\C=C(C)\C=C\C(CCC(C)(C)O)C(C)(C)O.CC(/C=C/C=C(C)/C=C/C=C(C)/C=C/C(CCC(C)(C)O)C(C)C)=C\C=C\C=C(C)\C=C\C=C(C)\C=C\C=C(C)\C=C\C(CCC(C)(C)O)C(C)C. The molecule has 0 fully saturated rings. The highest BCUT2D eigenvalue weighted by atomic mass is 16.3. The van der Waals surface area contributed by atoms with Crippen molar-refractivity contribution in [1.29, 1.82) is 0 Å². The Balaban J connectivity index is 0. The van der Waals surface area contributed by atoms with Crippen LogP contribution >= 0.6 is 0 Å². The molecule has 0 aliphatic carbocycles. The van der Waals surface area contributed by atoms with Gasteiger partial charge in [0.25, 0.3) is 0 Å². The van der Waals surface area contributed by atoms with Crippen molar-refractivity contribution < 1.29 is 30.6 Å². The Bertz CT molecular complexity index is 3190. The molecule has 0 aliphatic rings. The standard InChI is InChI=1S/C50H76O4.C50H76O2/c1-39(23-17-25-41(3)27-19-29-43(5)31-33-45(49(11,12)53)35-37-47(7,8)51)21-15-16-22-40(2)24-18-26-42(4)28-20-30-44(6)32-34-46(50(13,14)54)36-38-48(9,10)52;1-39(2)47(35-37-49(11,12)51)33-31-45(9)29-19-27-43(7)25-17-23-41(5)21-15-16-22-42(6)24-18-26-44(8)28-20-30-46(10)32-34-48(40(3)4)36-38-50(13,14)52/h15-34,45-46,51-54H,35-38H2,1-14H3;15-34,39-40,47-48,51-52H,35-38H2,1-14H3/b16-15+,23-17+,24-18+,27-19+,28-20+,33-31+,34-32+,39-21+,40-22+,41-25+,42-26+,43-29+,44-30+;16-15+,23-17+,24-18+,27-19+,28-20+,33-31+,34-32+,41-21+,42-22+,43-25+,44-26+,45-29+,46-30+. The normalized spacial score (nSPS) is 17.2. The molecule has 0 bridgehead atoms. The van der Waals surface area contributed by atoms with Gasteiger partial charge in [-0.05, 0) is 241 Å². The maximum absolute atomic E-state index is 10.6. The smallest absolute Gasteiger partial charge is 0.0654 e. The van der Waals surface area contributed by atoms with Gasteiger partial charge in [0, 0.05) is 11.8 Å². The van der Waals surface area contributed by atoms with Crippen molar-refractivity contribution in [3.63, 3.8) is 0 Å². The van der Waals surface area contributed by atoms with Crippen LogP contribution in [0.2, 0.25) is 0 Å². The van der Waals surface area contributed by atoms with E-state index in [1.165, 1.54) is 33.4 Å². The van der Waals surface area contributed by atoms with E-state index in [2.05, 4.69) is 304 Å². The summed E-state index contributed by atoms with van der Waals surface area (Å²) in [6.45, 7) is 56.1. The molecule has 0 aliphatic heterocycles. The van der Waals surface area contributed by atoms with E-state index in [9.17, 15) is 30.6 Å². The van der Waals surface area contributed by atoms with Crippen molar-refractivity contribution in [1.82, 2.24) is 0 Å². The maximum atomic E-state index is 10.6. The van der Waals surface area contributed by atoms with Crippen molar-refractivity contribution in [2.45, 2.75) is 279 Å². The molecule has 588 valence electrons. The largest absolute Gasteiger partial charge is 0.390 e. The summed E-state index contributed by atoms with van der Waals surface area (Å²) in [5.41, 5.74) is 9.57. The second-order valence-corrected chi connectivity index (χ2v) is 33.7. The first-order valence-electron chi connectivity index (χ1n) is 38.9. The topological polar surface area (TPSA) is 121 Å². The molecule has 0 saturated carbocycles. The van der Waals surface area contributed by atoms with E-state index in [0.717, 1.165) is 59.1 Å². The third-order valence-electron chi connectivity index (χ3n) is 17.6. The van der Waals surface area contributed by atoms with Crippen LogP contribution in [0, 0.1) is 35.5 Å². The molecular weight excluding hydrogens is 1300 g/mol. The van der Waals surface area contributed by atoms with E-state index in [4.69, 9.17) is 0 Å². The van der Waals surface area contributed by atoms with Gasteiger partial charge in [0.1, 0.15) is 0 Å². The van der Waals surface area contributed by atoms with Gasteiger partial charge in [-0.1, -0.05) is 338 Å². The van der Waals surface area contributed by atoms with Crippen molar-refractivity contribution in [3.05, 3.63) is 310 Å². The second-order valence-electron chi connectivity index (χ2n) is 33.7. The highest BCUT2D eigenvalue weighted by Gasteiger charge is 2.28. The molecule has 6 nitrogen and oxygen atoms in total. The van der Waals surface area contributed by atoms with E-state index < -0.39 is 33.6 Å². The monoisotopic (exact) mass is 1450 g/mol. The molecular formula is C100H152O6. The lowest BCUT2D eigenvalue weighted by Gasteiger charge is -2.29. The first-order valence-corrected chi connectivity index (χ1v) is 38.9. The zero-order valence-electron chi connectivity index (χ0n) is 71.9. The molecule has 0 heterocycles. The number of hydrogen-bond acceptors (Lipinski definition) is 6. The van der Waals surface area contributed by atoms with Crippen LogP contribution in [-0.2, 0) is 0 Å². The molecule has 4 atom stereocenters. The van der Waals surface area contributed by atoms with Crippen LogP contribution in [0.5, 0.6) is 0 Å². The molecule has 0 aromatic rings. The van der Waals surface area contributed by atoms with Gasteiger partial charge < -0.3 is 30.6 Å². The van der Waals surface area contributed by atoms with Crippen LogP contribution in [0.4, 0.5) is 0 Å². The van der Waals surface area contributed by atoms with Gasteiger partial charge in [0.15, 0.2) is 0 Å². The quantitative estimate of drug-likeness (QED) is 0.0338. The van der Waals surface area contributed by atoms with Crippen molar-refractivity contribution in [2.24, 2.45) is 35.5 Å². The summed E-state index contributed by atoms with van der Waals surface area (Å²) in [6.07, 6.45) is 90.4. The van der Waals surface area contributed by atoms with Gasteiger partial charge in [-0.15, -0.1) is 0 Å². The molecule has 106 heavy (non-hydrogen) atoms. The number of aliphatic hydroxyl groups is 6. The van der Waals surface area contributed by atoms with Crippen molar-refractivity contribution in [3.8, 4) is 0 Å². The Hall–Kier alpha value is -7.00. The summed E-state index contributed by atoms with van der Waals surface area (Å²) < 4.78 is 0. The Morgan fingerprint density at radius 3 is 0.528 bits per heavy atom. The summed E-state index contributed by atoms with van der Waals surface area (Å²) in [4.78, 5) is 0. The molecule has 0 rings (SSSR count). The Labute approximate surface area is 651 Å². The minimum atomic E-state index is -0.848. The fourth-order valence-electron chi connectivity index (χ4n) is 10.1. The van der Waals surface area contributed by atoms with Gasteiger partial charge in [-0.3, -0.25) is 0 Å². The van der Waals surface area contributed by atoms with Crippen LogP contribution in [0.15, 0.2) is 310 Å². The van der Waals surface area contributed by atoms with Crippen molar-refractivity contribution >= 4 is 0 Å². The average Bonchev–Trinajstić information content (AvgIpc) is 0.889. The molecule has 0 aromatic heterocycles. The minimum absolute atomic E-state index is 0.0384. The number of rotatable bonds is 44. The van der Waals surface area contributed by atoms with Gasteiger partial charge in [0.05, 0.1) is 33.6 Å². The van der Waals surface area contributed by atoms with E-state index in [1.807, 2.05) is 106 Å². The van der Waals surface area contributed by atoms with Crippen LogP contribution < -0.4 is 0 Å². The highest BCUT2D eigenvalue weighted by Crippen LogP contribution is 2.30. The summed E-state index contributed by atoms with van der Waals surface area (Å²) in [7, 11) is 0. The molecule has 6 N–H and O–H groups in total. The number of allylic oxidation sites excluding steroid dienone is 50. The lowest BCUT2D eigenvalue weighted by Crippen LogP contribution is -2.31. The van der Waals surface area contributed by atoms with Crippen LogP contribution in [0.25, 0.3) is 0 Å². The Kier molecular flexibility index (Phi) is 51.2.